The number of nitro benzene ring substituents is 1. The number of sulfonamides is 1. The van der Waals surface area contributed by atoms with Crippen LogP contribution >= 0.6 is 0 Å². The fraction of sp³-hybridized carbons (Fsp3) is 0.296. The Bertz CT molecular complexity index is 1500. The number of carbonyl (C=O) groups is 1. The molecule has 4 rings (SSSR count). The Balaban J connectivity index is 1.55. The third-order valence-electron chi connectivity index (χ3n) is 6.57. The van der Waals surface area contributed by atoms with Gasteiger partial charge in [0.2, 0.25) is 10.0 Å². The van der Waals surface area contributed by atoms with Gasteiger partial charge in [0.1, 0.15) is 0 Å². The van der Waals surface area contributed by atoms with Crippen LogP contribution in [0.1, 0.15) is 30.6 Å². The zero-order valence-corrected chi connectivity index (χ0v) is 22.8. The fourth-order valence-corrected chi connectivity index (χ4v) is 5.53. The predicted molar refractivity (Wildman–Crippen MR) is 153 cm³/mol. The molecule has 3 N–H and O–H groups in total. The van der Waals surface area contributed by atoms with Gasteiger partial charge in [-0.05, 0) is 79.6 Å². The van der Waals surface area contributed by atoms with Crippen LogP contribution in [-0.4, -0.2) is 56.6 Å². The number of fused-ring (bicyclic) bond motifs is 2. The van der Waals surface area contributed by atoms with E-state index in [1.807, 2.05) is 13.8 Å². The maximum absolute atomic E-state index is 13.0. The molecule has 1 heterocycles. The van der Waals surface area contributed by atoms with Crippen molar-refractivity contribution >= 4 is 44.4 Å². The van der Waals surface area contributed by atoms with Crippen molar-refractivity contribution in [2.45, 2.75) is 20.3 Å². The zero-order valence-electron chi connectivity index (χ0n) is 22.0. The van der Waals surface area contributed by atoms with Gasteiger partial charge in [0.15, 0.2) is 5.75 Å². The van der Waals surface area contributed by atoms with Crippen LogP contribution in [0.15, 0.2) is 54.6 Å². The van der Waals surface area contributed by atoms with Crippen molar-refractivity contribution in [1.82, 2.24) is 4.90 Å². The molecule has 0 aromatic heterocycles. The summed E-state index contributed by atoms with van der Waals surface area (Å²) in [5.41, 5.74) is 3.55. The van der Waals surface area contributed by atoms with E-state index in [0.717, 1.165) is 18.7 Å². The van der Waals surface area contributed by atoms with E-state index < -0.39 is 14.9 Å². The summed E-state index contributed by atoms with van der Waals surface area (Å²) in [5, 5.41) is 17.3. The molecule has 12 heteroatoms. The summed E-state index contributed by atoms with van der Waals surface area (Å²) in [6, 6.07) is 14.7. The number of hydrogen-bond donors (Lipinski definition) is 3. The number of ether oxygens (including phenoxy) is 1. The number of benzene rings is 3. The van der Waals surface area contributed by atoms with Crippen molar-refractivity contribution in [1.29, 1.82) is 0 Å². The first-order chi connectivity index (χ1) is 18.6. The second-order valence-electron chi connectivity index (χ2n) is 9.04. The summed E-state index contributed by atoms with van der Waals surface area (Å²) < 4.78 is 33.1. The Hall–Kier alpha value is -4.16. The van der Waals surface area contributed by atoms with Crippen molar-refractivity contribution < 1.29 is 22.9 Å². The van der Waals surface area contributed by atoms with Crippen molar-refractivity contribution in [2.24, 2.45) is 0 Å². The van der Waals surface area contributed by atoms with Crippen LogP contribution in [-0.2, 0) is 10.0 Å². The van der Waals surface area contributed by atoms with Gasteiger partial charge in [0.25, 0.3) is 5.91 Å². The lowest BCUT2D eigenvalue weighted by molar-refractivity contribution is -0.385. The molecule has 0 bridgehead atoms. The molecular formula is C27H31N5O6S. The Labute approximate surface area is 227 Å². The van der Waals surface area contributed by atoms with Crippen molar-refractivity contribution in [3.05, 3.63) is 70.3 Å². The fourth-order valence-electron chi connectivity index (χ4n) is 4.44. The van der Waals surface area contributed by atoms with E-state index in [9.17, 15) is 23.3 Å². The maximum Gasteiger partial charge on any atom is 0.310 e. The van der Waals surface area contributed by atoms with E-state index in [1.165, 1.54) is 13.2 Å². The summed E-state index contributed by atoms with van der Waals surface area (Å²) in [4.78, 5) is 25.9. The number of amides is 1. The van der Waals surface area contributed by atoms with Crippen LogP contribution in [0.3, 0.4) is 0 Å². The van der Waals surface area contributed by atoms with Crippen LogP contribution in [0, 0.1) is 10.1 Å². The third kappa shape index (κ3) is 6.47. The van der Waals surface area contributed by atoms with E-state index in [4.69, 9.17) is 4.74 Å². The van der Waals surface area contributed by atoms with Crippen LogP contribution in [0.5, 0.6) is 5.75 Å². The molecule has 0 spiro atoms. The highest BCUT2D eigenvalue weighted by Crippen LogP contribution is 2.38. The summed E-state index contributed by atoms with van der Waals surface area (Å²) in [6.07, 6.45) is 0.512. The monoisotopic (exact) mass is 553 g/mol. The maximum atomic E-state index is 13.0. The molecule has 0 saturated heterocycles. The molecule has 39 heavy (non-hydrogen) atoms. The normalized spacial score (nSPS) is 12.6. The minimum Gasteiger partial charge on any atom is -0.490 e. The molecule has 1 aliphatic heterocycles. The van der Waals surface area contributed by atoms with E-state index in [2.05, 4.69) is 20.3 Å². The second-order valence-corrected chi connectivity index (χ2v) is 10.9. The van der Waals surface area contributed by atoms with Crippen LogP contribution in [0.25, 0.3) is 11.1 Å². The molecule has 3 aromatic carbocycles. The van der Waals surface area contributed by atoms with Gasteiger partial charge in [-0.1, -0.05) is 19.9 Å². The quantitative estimate of drug-likeness (QED) is 0.221. The summed E-state index contributed by atoms with van der Waals surface area (Å²) >= 11 is 0. The highest BCUT2D eigenvalue weighted by atomic mass is 32.2. The zero-order chi connectivity index (χ0) is 28.2. The molecule has 0 fully saturated rings. The highest BCUT2D eigenvalue weighted by Gasteiger charge is 2.22. The van der Waals surface area contributed by atoms with E-state index >= 15 is 0 Å². The van der Waals surface area contributed by atoms with Crippen LogP contribution < -0.4 is 20.1 Å². The Morgan fingerprint density at radius 3 is 2.36 bits per heavy atom. The van der Waals surface area contributed by atoms with Gasteiger partial charge in [-0.3, -0.25) is 19.6 Å². The first-order valence-corrected chi connectivity index (χ1v) is 14.2. The third-order valence-corrected chi connectivity index (χ3v) is 7.94. The number of rotatable bonds is 11. The molecule has 11 nitrogen and oxygen atoms in total. The molecule has 1 amide bonds. The lowest BCUT2D eigenvalue weighted by Crippen LogP contribution is -2.27. The molecule has 3 aromatic rings. The van der Waals surface area contributed by atoms with E-state index in [0.29, 0.717) is 46.8 Å². The Morgan fingerprint density at radius 1 is 0.949 bits per heavy atom. The summed E-state index contributed by atoms with van der Waals surface area (Å²) in [7, 11) is -2.19. The minimum absolute atomic E-state index is 0.00710. The highest BCUT2D eigenvalue weighted by molar-refractivity contribution is 7.92. The number of carbonyl (C=O) groups excluding carboxylic acids is 1. The predicted octanol–water partition coefficient (Wildman–Crippen LogP) is 5.05. The standard InChI is InChI=1S/C27H31N5O6S/c1-4-31(5-2)13-6-14-39(36,37)30-20-9-11-22-24(17-20)29-27(33)21-10-7-18(15-23(21)28-22)19-8-12-25(32(34)35)26(16-19)38-3/h7-12,15-17,28,30H,4-6,13-14H2,1-3H3,(H,29,33). The summed E-state index contributed by atoms with van der Waals surface area (Å²) in [5.74, 6) is -0.234. The number of nitrogens with zero attached hydrogens (tertiary/aromatic N) is 2. The smallest absolute Gasteiger partial charge is 0.310 e. The number of hydrogen-bond acceptors (Lipinski definition) is 8. The van der Waals surface area contributed by atoms with Gasteiger partial charge >= 0.3 is 5.69 Å². The van der Waals surface area contributed by atoms with Gasteiger partial charge in [0, 0.05) is 6.07 Å². The molecule has 1 aliphatic rings. The van der Waals surface area contributed by atoms with Gasteiger partial charge < -0.3 is 20.3 Å². The first kappa shape index (κ1) is 27.9. The molecule has 0 aliphatic carbocycles. The number of methoxy groups -OCH3 is 1. The minimum atomic E-state index is -3.56. The SMILES string of the molecule is CCN(CC)CCCS(=O)(=O)Nc1ccc2c(c1)NC(=O)c1ccc(-c3ccc([N+](=O)[O-])c(OC)c3)cc1N2. The van der Waals surface area contributed by atoms with Gasteiger partial charge in [-0.15, -0.1) is 0 Å². The van der Waals surface area contributed by atoms with Gasteiger partial charge in [-0.25, -0.2) is 8.42 Å². The number of anilines is 4. The molecular weight excluding hydrogens is 522 g/mol. The molecule has 0 atom stereocenters. The van der Waals surface area contributed by atoms with Crippen molar-refractivity contribution in [2.75, 3.05) is 47.9 Å². The van der Waals surface area contributed by atoms with Crippen molar-refractivity contribution in [3.8, 4) is 16.9 Å². The topological polar surface area (TPSA) is 143 Å². The number of nitrogens with one attached hydrogen (secondary N) is 3. The lowest BCUT2D eigenvalue weighted by Gasteiger charge is -2.18. The van der Waals surface area contributed by atoms with E-state index in [-0.39, 0.29) is 23.1 Å². The van der Waals surface area contributed by atoms with Gasteiger partial charge in [0.05, 0.1) is 46.1 Å². The largest absolute Gasteiger partial charge is 0.490 e. The Kier molecular flexibility index (Phi) is 8.36. The summed E-state index contributed by atoms with van der Waals surface area (Å²) in [6.45, 7) is 6.52. The number of nitro groups is 1. The van der Waals surface area contributed by atoms with Gasteiger partial charge in [-0.2, -0.15) is 0 Å². The molecule has 206 valence electrons. The van der Waals surface area contributed by atoms with Crippen LogP contribution in [0.4, 0.5) is 28.4 Å². The van der Waals surface area contributed by atoms with E-state index in [1.54, 1.807) is 48.5 Å². The van der Waals surface area contributed by atoms with Crippen LogP contribution in [0.2, 0.25) is 0 Å². The second kappa shape index (κ2) is 11.7. The lowest BCUT2D eigenvalue weighted by atomic mass is 10.0. The Morgan fingerprint density at radius 2 is 1.67 bits per heavy atom. The molecule has 0 unspecified atom stereocenters. The molecule has 0 radical (unpaired) electrons. The average molecular weight is 554 g/mol. The first-order valence-electron chi connectivity index (χ1n) is 12.6. The average Bonchev–Trinajstić information content (AvgIpc) is 3.05. The van der Waals surface area contributed by atoms with Crippen molar-refractivity contribution in [3.63, 3.8) is 0 Å². The molecule has 0 saturated carbocycles.